The molecule has 1 amide bonds. The third-order valence-electron chi connectivity index (χ3n) is 3.44. The molecule has 1 saturated heterocycles. The lowest BCUT2D eigenvalue weighted by Gasteiger charge is -2.40. The monoisotopic (exact) mass is 253 g/mol. The third-order valence-corrected chi connectivity index (χ3v) is 3.44. The van der Waals surface area contributed by atoms with Crippen molar-refractivity contribution in [1.29, 1.82) is 5.26 Å². The first kappa shape index (κ1) is 14.9. The predicted molar refractivity (Wildman–Crippen MR) is 69.0 cm³/mol. The fourth-order valence-corrected chi connectivity index (χ4v) is 2.11. The highest BCUT2D eigenvalue weighted by molar-refractivity contribution is 5.76. The Labute approximate surface area is 109 Å². The summed E-state index contributed by atoms with van der Waals surface area (Å²) >= 11 is 0. The van der Waals surface area contributed by atoms with Gasteiger partial charge in [-0.3, -0.25) is 9.69 Å². The van der Waals surface area contributed by atoms with Gasteiger partial charge in [0.05, 0.1) is 6.07 Å². The van der Waals surface area contributed by atoms with Crippen molar-refractivity contribution in [3.8, 4) is 6.07 Å². The van der Waals surface area contributed by atoms with E-state index < -0.39 is 5.54 Å². The van der Waals surface area contributed by atoms with Crippen molar-refractivity contribution >= 4 is 5.91 Å². The van der Waals surface area contributed by atoms with Crippen molar-refractivity contribution in [1.82, 2.24) is 9.80 Å². The van der Waals surface area contributed by atoms with Crippen molar-refractivity contribution in [2.75, 3.05) is 39.9 Å². The Morgan fingerprint density at radius 2 is 1.94 bits per heavy atom. The Hall–Kier alpha value is -1.12. The Bertz CT molecular complexity index is 315. The first-order chi connectivity index (χ1) is 8.51. The van der Waals surface area contributed by atoms with Crippen molar-refractivity contribution in [2.24, 2.45) is 0 Å². The van der Waals surface area contributed by atoms with Crippen LogP contribution < -0.4 is 0 Å². The molecule has 0 unspecified atom stereocenters. The molecule has 1 aliphatic rings. The summed E-state index contributed by atoms with van der Waals surface area (Å²) in [6.07, 6.45) is 1.33. The van der Waals surface area contributed by atoms with Crippen LogP contribution >= 0.6 is 0 Å². The van der Waals surface area contributed by atoms with E-state index in [1.807, 2.05) is 18.7 Å². The van der Waals surface area contributed by atoms with Gasteiger partial charge in [0.25, 0.3) is 0 Å². The van der Waals surface area contributed by atoms with Crippen LogP contribution in [0.1, 0.15) is 26.7 Å². The van der Waals surface area contributed by atoms with E-state index in [9.17, 15) is 4.79 Å². The van der Waals surface area contributed by atoms with Gasteiger partial charge in [0.1, 0.15) is 5.54 Å². The van der Waals surface area contributed by atoms with Crippen LogP contribution in [-0.2, 0) is 9.53 Å². The van der Waals surface area contributed by atoms with Crippen LogP contribution in [0.3, 0.4) is 0 Å². The Morgan fingerprint density at radius 3 is 2.44 bits per heavy atom. The zero-order valence-corrected chi connectivity index (χ0v) is 11.6. The molecule has 1 fully saturated rings. The molecular formula is C13H23N3O2. The van der Waals surface area contributed by atoms with Crippen LogP contribution in [0.2, 0.25) is 0 Å². The fraction of sp³-hybridized carbons (Fsp3) is 0.846. The molecule has 5 nitrogen and oxygen atoms in total. The lowest BCUT2D eigenvalue weighted by atomic mass is 10.0. The summed E-state index contributed by atoms with van der Waals surface area (Å²) in [4.78, 5) is 15.9. The number of carbonyl (C=O) groups is 1. The number of hydrogen-bond donors (Lipinski definition) is 0. The van der Waals surface area contributed by atoms with Crippen molar-refractivity contribution in [3.05, 3.63) is 0 Å². The number of nitriles is 1. The fourth-order valence-electron chi connectivity index (χ4n) is 2.11. The van der Waals surface area contributed by atoms with Crippen LogP contribution in [0.25, 0.3) is 0 Å². The summed E-state index contributed by atoms with van der Waals surface area (Å²) in [5, 5.41) is 9.08. The molecule has 1 heterocycles. The van der Waals surface area contributed by atoms with Crippen LogP contribution in [0, 0.1) is 11.3 Å². The summed E-state index contributed by atoms with van der Waals surface area (Å²) in [7, 11) is 1.65. The third kappa shape index (κ3) is 3.97. The first-order valence-corrected chi connectivity index (χ1v) is 6.44. The van der Waals surface area contributed by atoms with Gasteiger partial charge in [-0.05, 0) is 20.3 Å². The second-order valence-corrected chi connectivity index (χ2v) is 5.14. The van der Waals surface area contributed by atoms with E-state index in [4.69, 9.17) is 10.00 Å². The van der Waals surface area contributed by atoms with Crippen LogP contribution in [-0.4, -0.2) is 61.1 Å². The standard InChI is InChI=1S/C13H23N3O2/c1-13(2,11-14)16-8-6-15(7-9-16)12(17)5-4-10-18-3/h4-10H2,1-3H3. The zero-order valence-electron chi connectivity index (χ0n) is 11.6. The second kappa shape index (κ2) is 6.72. The highest BCUT2D eigenvalue weighted by Crippen LogP contribution is 2.16. The molecule has 0 aromatic heterocycles. The number of amides is 1. The van der Waals surface area contributed by atoms with E-state index in [0.717, 1.165) is 32.6 Å². The number of methoxy groups -OCH3 is 1. The molecular weight excluding hydrogens is 230 g/mol. The highest BCUT2D eigenvalue weighted by atomic mass is 16.5. The number of ether oxygens (including phenoxy) is 1. The lowest BCUT2D eigenvalue weighted by molar-refractivity contribution is -0.133. The Morgan fingerprint density at radius 1 is 1.33 bits per heavy atom. The maximum atomic E-state index is 11.9. The number of rotatable bonds is 5. The summed E-state index contributed by atoms with van der Waals surface area (Å²) < 4.78 is 4.94. The van der Waals surface area contributed by atoms with Gasteiger partial charge >= 0.3 is 0 Å². The van der Waals surface area contributed by atoms with Gasteiger partial charge in [0.15, 0.2) is 0 Å². The van der Waals surface area contributed by atoms with Gasteiger partial charge in [-0.25, -0.2) is 0 Å². The van der Waals surface area contributed by atoms with Crippen LogP contribution in [0.4, 0.5) is 0 Å². The molecule has 5 heteroatoms. The minimum absolute atomic E-state index is 0.196. The van der Waals surface area contributed by atoms with Gasteiger partial charge in [-0.2, -0.15) is 5.26 Å². The van der Waals surface area contributed by atoms with E-state index in [-0.39, 0.29) is 5.91 Å². The lowest BCUT2D eigenvalue weighted by Crippen LogP contribution is -2.55. The molecule has 0 bridgehead atoms. The van der Waals surface area contributed by atoms with E-state index in [1.165, 1.54) is 0 Å². The average Bonchev–Trinajstić information content (AvgIpc) is 2.39. The molecule has 1 rings (SSSR count). The zero-order chi connectivity index (χ0) is 13.6. The van der Waals surface area contributed by atoms with E-state index in [0.29, 0.717) is 13.0 Å². The molecule has 0 spiro atoms. The largest absolute Gasteiger partial charge is 0.385 e. The smallest absolute Gasteiger partial charge is 0.222 e. The summed E-state index contributed by atoms with van der Waals surface area (Å²) in [5.74, 6) is 0.196. The van der Waals surface area contributed by atoms with Crippen molar-refractivity contribution in [2.45, 2.75) is 32.2 Å². The molecule has 102 valence electrons. The molecule has 18 heavy (non-hydrogen) atoms. The topological polar surface area (TPSA) is 56.6 Å². The molecule has 0 saturated carbocycles. The SMILES string of the molecule is COCCCC(=O)N1CCN(C(C)(C)C#N)CC1. The normalized spacial score (nSPS) is 17.6. The van der Waals surface area contributed by atoms with Gasteiger partial charge in [0, 0.05) is 46.3 Å². The van der Waals surface area contributed by atoms with Gasteiger partial charge in [-0.1, -0.05) is 0 Å². The van der Waals surface area contributed by atoms with Crippen LogP contribution in [0.15, 0.2) is 0 Å². The molecule has 0 aromatic rings. The number of piperazine rings is 1. The maximum absolute atomic E-state index is 11.9. The van der Waals surface area contributed by atoms with Gasteiger partial charge in [0.2, 0.25) is 5.91 Å². The van der Waals surface area contributed by atoms with Crippen molar-refractivity contribution < 1.29 is 9.53 Å². The number of hydrogen-bond acceptors (Lipinski definition) is 4. The minimum atomic E-state index is -0.439. The molecule has 0 aliphatic carbocycles. The average molecular weight is 253 g/mol. The summed E-state index contributed by atoms with van der Waals surface area (Å²) in [6.45, 7) is 7.46. The summed E-state index contributed by atoms with van der Waals surface area (Å²) in [6, 6.07) is 2.30. The molecule has 0 aromatic carbocycles. The van der Waals surface area contributed by atoms with E-state index in [1.54, 1.807) is 7.11 Å². The van der Waals surface area contributed by atoms with Gasteiger partial charge in [-0.15, -0.1) is 0 Å². The first-order valence-electron chi connectivity index (χ1n) is 6.44. The predicted octanol–water partition coefficient (Wildman–Crippen LogP) is 0.859. The minimum Gasteiger partial charge on any atom is -0.385 e. The Balaban J connectivity index is 2.35. The van der Waals surface area contributed by atoms with E-state index in [2.05, 4.69) is 11.0 Å². The highest BCUT2D eigenvalue weighted by Gasteiger charge is 2.30. The Kier molecular flexibility index (Phi) is 5.57. The number of nitrogens with zero attached hydrogens (tertiary/aromatic N) is 3. The van der Waals surface area contributed by atoms with Crippen molar-refractivity contribution in [3.63, 3.8) is 0 Å². The quantitative estimate of drug-likeness (QED) is 0.682. The molecule has 1 aliphatic heterocycles. The van der Waals surface area contributed by atoms with E-state index >= 15 is 0 Å². The second-order valence-electron chi connectivity index (χ2n) is 5.14. The molecule has 0 atom stereocenters. The van der Waals surface area contributed by atoms with Crippen LogP contribution in [0.5, 0.6) is 0 Å². The number of carbonyl (C=O) groups excluding carboxylic acids is 1. The maximum Gasteiger partial charge on any atom is 0.222 e. The van der Waals surface area contributed by atoms with Gasteiger partial charge < -0.3 is 9.64 Å². The molecule has 0 radical (unpaired) electrons. The summed E-state index contributed by atoms with van der Waals surface area (Å²) in [5.41, 5.74) is -0.439. The molecule has 0 N–H and O–H groups in total.